The van der Waals surface area contributed by atoms with Gasteiger partial charge in [-0.25, -0.2) is 0 Å². The van der Waals surface area contributed by atoms with E-state index in [1.165, 1.54) is 0 Å². The molecule has 0 fully saturated rings. The van der Waals surface area contributed by atoms with Crippen molar-refractivity contribution in [2.75, 3.05) is 34.3 Å². The lowest BCUT2D eigenvalue weighted by molar-refractivity contribution is -0.875. The van der Waals surface area contributed by atoms with Gasteiger partial charge >= 0.3 is 0 Å². The van der Waals surface area contributed by atoms with Crippen LogP contribution in [0.25, 0.3) is 0 Å². The Bertz CT molecular complexity index is 46.5. The molecule has 0 aliphatic carbocycles. The summed E-state index contributed by atoms with van der Waals surface area (Å²) in [5, 5.41) is 9.93. The highest BCUT2D eigenvalue weighted by atomic mass is 16.3. The van der Waals surface area contributed by atoms with Crippen molar-refractivity contribution in [3.05, 3.63) is 0 Å². The maximum atomic E-state index is 9.93. The lowest BCUT2D eigenvalue weighted by atomic mass is 10.3. The molecule has 0 aliphatic rings. The maximum Gasteiger partial charge on any atom is 0.0676 e. The predicted molar refractivity (Wildman–Crippen MR) is 27.8 cm³/mol. The van der Waals surface area contributed by atoms with Gasteiger partial charge in [-0.05, 0) is 0 Å². The summed E-state index contributed by atoms with van der Waals surface area (Å²) in [6, 6.07) is 0. The fraction of sp³-hybridized carbons (Fsp3) is 1.00. The number of nitrogens with zero attached hydrogens (tertiary/aromatic N) is 1. The van der Waals surface area contributed by atoms with Gasteiger partial charge in [0.25, 0.3) is 0 Å². The monoisotopic (exact) mass is 102 g/mol. The standard InChI is InChI=1S/C5H13NO/c1-6(2,3)4-5-7/h4-5H2,1-3H3/i1-1. The van der Waals surface area contributed by atoms with Crippen LogP contribution in [0.3, 0.4) is 0 Å². The molecule has 0 aromatic carbocycles. The Morgan fingerprint density at radius 2 is 1.71 bits per heavy atom. The average molecular weight is 102 g/mol. The first kappa shape index (κ1) is 6.92. The number of hydrogen-bond acceptors (Lipinski definition) is 1. The first-order chi connectivity index (χ1) is 3.06. The lowest BCUT2D eigenvalue weighted by Crippen LogP contribution is -2.39. The first-order valence-electron chi connectivity index (χ1n) is 2.45. The summed E-state index contributed by atoms with van der Waals surface area (Å²) in [5.74, 6) is 0. The van der Waals surface area contributed by atoms with Gasteiger partial charge in [-0.15, -0.1) is 0 Å². The highest BCUT2D eigenvalue weighted by molar-refractivity contribution is 4.17. The second-order valence-electron chi connectivity index (χ2n) is 2.72. The van der Waals surface area contributed by atoms with Crippen LogP contribution in [0, 0.1) is 0 Å². The third-order valence-electron chi connectivity index (χ3n) is 0.762. The molecule has 2 nitrogen and oxygen atoms in total. The van der Waals surface area contributed by atoms with Gasteiger partial charge in [-0.1, -0.05) is 6.61 Å². The van der Waals surface area contributed by atoms with E-state index < -0.39 is 0 Å². The summed E-state index contributed by atoms with van der Waals surface area (Å²) in [5.41, 5.74) is 0. The van der Waals surface area contributed by atoms with Crippen LogP contribution in [-0.4, -0.2) is 38.8 Å². The zero-order valence-electron chi connectivity index (χ0n) is 5.27. The highest BCUT2D eigenvalue weighted by Crippen LogP contribution is 1.83. The molecule has 0 atom stereocenters. The third kappa shape index (κ3) is 5.92. The van der Waals surface area contributed by atoms with Gasteiger partial charge in [0, 0.05) is 0 Å². The predicted octanol–water partition coefficient (Wildman–Crippen LogP) is -0.947. The Labute approximate surface area is 45.0 Å². The van der Waals surface area contributed by atoms with Crippen molar-refractivity contribution in [3.8, 4) is 0 Å². The van der Waals surface area contributed by atoms with Crippen LogP contribution in [0.5, 0.6) is 0 Å². The number of hydrogen-bond donors (Lipinski definition) is 0. The van der Waals surface area contributed by atoms with Gasteiger partial charge in [-0.2, -0.15) is 0 Å². The molecule has 0 rings (SSSR count). The highest BCUT2D eigenvalue weighted by Gasteiger charge is 1.99. The second kappa shape index (κ2) is 2.28. The van der Waals surface area contributed by atoms with Crippen molar-refractivity contribution in [2.24, 2.45) is 0 Å². The summed E-state index contributed by atoms with van der Waals surface area (Å²) < 4.78 is 0.781. The van der Waals surface area contributed by atoms with Crippen LogP contribution in [0.1, 0.15) is 0 Å². The third-order valence-corrected chi connectivity index (χ3v) is 0.762. The fourth-order valence-electron chi connectivity index (χ4n) is 0.274. The topological polar surface area (TPSA) is 23.1 Å². The van der Waals surface area contributed by atoms with E-state index in [0.717, 1.165) is 11.0 Å². The smallest absolute Gasteiger partial charge is 0.0676 e. The molecule has 0 amide bonds. The van der Waals surface area contributed by atoms with E-state index in [2.05, 4.69) is 0 Å². The van der Waals surface area contributed by atoms with Gasteiger partial charge < -0.3 is 9.59 Å². The van der Waals surface area contributed by atoms with E-state index in [9.17, 15) is 5.11 Å². The molecule has 0 aromatic rings. The largest absolute Gasteiger partial charge is 0.850 e. The Morgan fingerprint density at radius 3 is 1.71 bits per heavy atom. The molecular weight excluding hydrogens is 89.1 g/mol. The summed E-state index contributed by atoms with van der Waals surface area (Å²) >= 11 is 0. The molecule has 0 spiro atoms. The van der Waals surface area contributed by atoms with Crippen LogP contribution >= 0.6 is 0 Å². The molecule has 0 heterocycles. The van der Waals surface area contributed by atoms with Gasteiger partial charge in [0.15, 0.2) is 0 Å². The Kier molecular flexibility index (Phi) is 2.26. The molecular formula is C5H13NO. The Morgan fingerprint density at radius 1 is 1.29 bits per heavy atom. The van der Waals surface area contributed by atoms with Crippen LogP contribution in [0.2, 0.25) is 0 Å². The molecule has 0 unspecified atom stereocenters. The van der Waals surface area contributed by atoms with E-state index in [1.807, 2.05) is 21.1 Å². The fourth-order valence-corrected chi connectivity index (χ4v) is 0.274. The Balaban J connectivity index is 3.15. The zero-order chi connectivity index (χ0) is 5.91. The molecule has 0 radical (unpaired) electrons. The molecule has 0 bridgehead atoms. The molecule has 0 aliphatic heterocycles. The minimum absolute atomic E-state index is 0.0312. The molecule has 0 aromatic heterocycles. The number of likely N-dealkylation sites (N-methyl/N-ethyl adjacent to an activating group) is 1. The van der Waals surface area contributed by atoms with E-state index in [-0.39, 0.29) is 6.61 Å². The van der Waals surface area contributed by atoms with Gasteiger partial charge in [0.05, 0.1) is 27.7 Å². The molecule has 2 heteroatoms. The van der Waals surface area contributed by atoms with Gasteiger partial charge in [0.1, 0.15) is 0 Å². The van der Waals surface area contributed by atoms with Crippen molar-refractivity contribution in [1.82, 2.24) is 0 Å². The Hall–Kier alpha value is -0.0800. The molecule has 0 N–H and O–H groups in total. The van der Waals surface area contributed by atoms with Gasteiger partial charge in [-0.3, -0.25) is 0 Å². The normalized spacial score (nSPS) is 12.0. The SMILES string of the molecule is C[N+](C)([11CH3])CC[O-]. The summed E-state index contributed by atoms with van der Waals surface area (Å²) in [7, 11) is 6.04. The number of rotatable bonds is 2. The zero-order valence-corrected chi connectivity index (χ0v) is 5.27. The average Bonchev–Trinajstić information content (AvgIpc) is 1.30. The summed E-state index contributed by atoms with van der Waals surface area (Å²) in [6.45, 7) is 0.753. The first-order valence-corrected chi connectivity index (χ1v) is 2.45. The molecule has 44 valence electrons. The van der Waals surface area contributed by atoms with Crippen molar-refractivity contribution >= 4 is 0 Å². The molecule has 7 heavy (non-hydrogen) atoms. The van der Waals surface area contributed by atoms with E-state index in [0.29, 0.717) is 0 Å². The van der Waals surface area contributed by atoms with Crippen LogP contribution < -0.4 is 5.11 Å². The van der Waals surface area contributed by atoms with Crippen LogP contribution in [0.15, 0.2) is 0 Å². The van der Waals surface area contributed by atoms with Gasteiger partial charge in [0.2, 0.25) is 0 Å². The number of quaternary nitrogens is 1. The van der Waals surface area contributed by atoms with Crippen molar-refractivity contribution < 1.29 is 9.59 Å². The summed E-state index contributed by atoms with van der Waals surface area (Å²) in [6.07, 6.45) is 0. The van der Waals surface area contributed by atoms with Crippen molar-refractivity contribution in [3.63, 3.8) is 0 Å². The van der Waals surface area contributed by atoms with Crippen LogP contribution in [0.4, 0.5) is 0 Å². The lowest BCUT2D eigenvalue weighted by Gasteiger charge is -2.25. The molecule has 0 saturated heterocycles. The summed E-state index contributed by atoms with van der Waals surface area (Å²) in [4.78, 5) is 0. The second-order valence-corrected chi connectivity index (χ2v) is 2.72. The minimum atomic E-state index is 0.0312. The van der Waals surface area contributed by atoms with E-state index >= 15 is 0 Å². The van der Waals surface area contributed by atoms with E-state index in [4.69, 9.17) is 0 Å². The minimum Gasteiger partial charge on any atom is -0.850 e. The van der Waals surface area contributed by atoms with Crippen LogP contribution in [-0.2, 0) is 0 Å². The molecule has 0 saturated carbocycles. The van der Waals surface area contributed by atoms with Crippen molar-refractivity contribution in [2.45, 2.75) is 0 Å². The quantitative estimate of drug-likeness (QED) is 0.412. The van der Waals surface area contributed by atoms with E-state index in [1.54, 1.807) is 0 Å². The van der Waals surface area contributed by atoms with Crippen molar-refractivity contribution in [1.29, 1.82) is 0 Å². The maximum absolute atomic E-state index is 9.93.